The van der Waals surface area contributed by atoms with Gasteiger partial charge in [0.1, 0.15) is 0 Å². The molecule has 1 aliphatic rings. The molecule has 6 rings (SSSR count). The maximum Gasteiger partial charge on any atom is 0.336 e. The van der Waals surface area contributed by atoms with Crippen molar-refractivity contribution in [1.82, 2.24) is 10.2 Å². The summed E-state index contributed by atoms with van der Waals surface area (Å²) >= 11 is 0. The SMILES string of the molecule is O=C(O)c1ccc(C(N2C=CNC2)C(c2ccccc2)(c2ccccc2)c2ccccc2)cc1-c1ccccc1. The Bertz CT molecular complexity index is 1520. The maximum absolute atomic E-state index is 12.4. The van der Waals surface area contributed by atoms with Gasteiger partial charge in [0.2, 0.25) is 0 Å². The third-order valence-corrected chi connectivity index (χ3v) is 7.76. The average molecular weight is 523 g/mol. The lowest BCUT2D eigenvalue weighted by Gasteiger charge is -2.47. The Kier molecular flexibility index (Phi) is 6.90. The molecule has 0 bridgehead atoms. The van der Waals surface area contributed by atoms with E-state index in [1.54, 1.807) is 6.07 Å². The van der Waals surface area contributed by atoms with E-state index in [-0.39, 0.29) is 11.6 Å². The number of hydrogen-bond donors (Lipinski definition) is 2. The van der Waals surface area contributed by atoms with Gasteiger partial charge in [0.05, 0.1) is 23.7 Å². The molecular weight excluding hydrogens is 492 g/mol. The molecule has 0 radical (unpaired) electrons. The largest absolute Gasteiger partial charge is 0.478 e. The molecule has 0 aromatic heterocycles. The molecule has 0 fully saturated rings. The van der Waals surface area contributed by atoms with Gasteiger partial charge in [-0.05, 0) is 45.5 Å². The number of benzene rings is 5. The van der Waals surface area contributed by atoms with Crippen LogP contribution in [0.15, 0.2) is 152 Å². The van der Waals surface area contributed by atoms with Crippen LogP contribution in [0.25, 0.3) is 11.1 Å². The second kappa shape index (κ2) is 11.0. The number of hydrogen-bond acceptors (Lipinski definition) is 3. The van der Waals surface area contributed by atoms with Gasteiger partial charge in [0.25, 0.3) is 0 Å². The first-order chi connectivity index (χ1) is 19.7. The highest BCUT2D eigenvalue weighted by Gasteiger charge is 2.47. The zero-order valence-corrected chi connectivity index (χ0v) is 22.0. The summed E-state index contributed by atoms with van der Waals surface area (Å²) in [6.07, 6.45) is 4.07. The first-order valence-corrected chi connectivity index (χ1v) is 13.4. The normalized spacial score (nSPS) is 13.6. The molecule has 5 aromatic carbocycles. The van der Waals surface area contributed by atoms with E-state index < -0.39 is 11.4 Å². The van der Waals surface area contributed by atoms with Crippen LogP contribution in [0.2, 0.25) is 0 Å². The van der Waals surface area contributed by atoms with E-state index in [1.807, 2.05) is 60.8 Å². The summed E-state index contributed by atoms with van der Waals surface area (Å²) in [5.41, 5.74) is 5.72. The van der Waals surface area contributed by atoms with Crippen LogP contribution < -0.4 is 5.32 Å². The topological polar surface area (TPSA) is 52.6 Å². The minimum absolute atomic E-state index is 0.212. The number of nitrogens with one attached hydrogen (secondary N) is 1. The summed E-state index contributed by atoms with van der Waals surface area (Å²) in [5.74, 6) is -0.940. The summed E-state index contributed by atoms with van der Waals surface area (Å²) in [5, 5.41) is 13.5. The Balaban J connectivity index is 1.71. The molecule has 0 saturated carbocycles. The minimum atomic E-state index is -0.940. The number of nitrogens with zero attached hydrogens (tertiary/aromatic N) is 1. The quantitative estimate of drug-likeness (QED) is 0.208. The fourth-order valence-corrected chi connectivity index (χ4v) is 6.08. The van der Waals surface area contributed by atoms with E-state index in [9.17, 15) is 9.90 Å². The van der Waals surface area contributed by atoms with Crippen molar-refractivity contribution in [1.29, 1.82) is 0 Å². The third-order valence-electron chi connectivity index (χ3n) is 7.76. The lowest BCUT2D eigenvalue weighted by molar-refractivity contribution is 0.0697. The van der Waals surface area contributed by atoms with Crippen molar-refractivity contribution in [2.24, 2.45) is 0 Å². The van der Waals surface area contributed by atoms with Crippen molar-refractivity contribution in [2.75, 3.05) is 6.67 Å². The summed E-state index contributed by atoms with van der Waals surface area (Å²) in [7, 11) is 0. The van der Waals surface area contributed by atoms with Crippen molar-refractivity contribution in [2.45, 2.75) is 11.5 Å². The van der Waals surface area contributed by atoms with Crippen LogP contribution in [0.3, 0.4) is 0 Å². The Morgan fingerprint density at radius 1 is 0.700 bits per heavy atom. The molecule has 1 unspecified atom stereocenters. The van der Waals surface area contributed by atoms with E-state index in [0.29, 0.717) is 12.2 Å². The molecule has 196 valence electrons. The van der Waals surface area contributed by atoms with E-state index >= 15 is 0 Å². The van der Waals surface area contributed by atoms with Gasteiger partial charge < -0.3 is 15.3 Å². The summed E-state index contributed by atoms with van der Waals surface area (Å²) in [4.78, 5) is 14.7. The molecule has 4 heteroatoms. The highest BCUT2D eigenvalue weighted by molar-refractivity contribution is 5.96. The summed E-state index contributed by atoms with van der Waals surface area (Å²) in [6, 6.07) is 47.2. The molecule has 0 spiro atoms. The summed E-state index contributed by atoms with van der Waals surface area (Å²) in [6.45, 7) is 0.625. The van der Waals surface area contributed by atoms with E-state index in [0.717, 1.165) is 27.8 Å². The molecule has 1 aliphatic heterocycles. The van der Waals surface area contributed by atoms with Gasteiger partial charge in [0, 0.05) is 12.4 Å². The van der Waals surface area contributed by atoms with Crippen LogP contribution >= 0.6 is 0 Å². The van der Waals surface area contributed by atoms with Crippen LogP contribution in [0.4, 0.5) is 0 Å². The molecule has 0 saturated heterocycles. The molecular formula is C36H30N2O2. The molecule has 5 aromatic rings. The highest BCUT2D eigenvalue weighted by Crippen LogP contribution is 2.52. The van der Waals surface area contributed by atoms with Crippen LogP contribution in [0.5, 0.6) is 0 Å². The van der Waals surface area contributed by atoms with Gasteiger partial charge in [0.15, 0.2) is 0 Å². The number of rotatable bonds is 8. The molecule has 0 aliphatic carbocycles. The number of aromatic carboxylic acids is 1. The van der Waals surface area contributed by atoms with Crippen molar-refractivity contribution in [3.05, 3.63) is 180 Å². The van der Waals surface area contributed by atoms with Gasteiger partial charge >= 0.3 is 5.97 Å². The van der Waals surface area contributed by atoms with Crippen molar-refractivity contribution in [3.8, 4) is 11.1 Å². The van der Waals surface area contributed by atoms with Gasteiger partial charge in [-0.15, -0.1) is 0 Å². The van der Waals surface area contributed by atoms with Gasteiger partial charge in [-0.2, -0.15) is 0 Å². The number of carboxylic acids is 1. The van der Waals surface area contributed by atoms with Crippen molar-refractivity contribution in [3.63, 3.8) is 0 Å². The van der Waals surface area contributed by atoms with E-state index in [2.05, 4.69) is 95.3 Å². The molecule has 40 heavy (non-hydrogen) atoms. The average Bonchev–Trinajstić information content (AvgIpc) is 3.56. The Hall–Kier alpha value is -5.09. The van der Waals surface area contributed by atoms with Crippen molar-refractivity contribution < 1.29 is 9.90 Å². The number of carbonyl (C=O) groups is 1. The van der Waals surface area contributed by atoms with E-state index in [4.69, 9.17) is 0 Å². The minimum Gasteiger partial charge on any atom is -0.478 e. The molecule has 1 atom stereocenters. The first-order valence-electron chi connectivity index (χ1n) is 13.4. The Morgan fingerprint density at radius 2 is 1.20 bits per heavy atom. The predicted octanol–water partition coefficient (Wildman–Crippen LogP) is 7.46. The van der Waals surface area contributed by atoms with Crippen LogP contribution in [0.1, 0.15) is 38.7 Å². The van der Waals surface area contributed by atoms with E-state index in [1.165, 1.54) is 0 Å². The fraction of sp³-hybridized carbons (Fsp3) is 0.0833. The predicted molar refractivity (Wildman–Crippen MR) is 160 cm³/mol. The lowest BCUT2D eigenvalue weighted by atomic mass is 9.62. The molecule has 4 nitrogen and oxygen atoms in total. The smallest absolute Gasteiger partial charge is 0.336 e. The van der Waals surface area contributed by atoms with Gasteiger partial charge in [-0.25, -0.2) is 4.79 Å². The molecule has 1 heterocycles. The molecule has 2 N–H and O–H groups in total. The first kappa shape index (κ1) is 25.2. The van der Waals surface area contributed by atoms with Gasteiger partial charge in [-0.1, -0.05) is 127 Å². The van der Waals surface area contributed by atoms with Crippen LogP contribution in [-0.4, -0.2) is 22.6 Å². The zero-order valence-electron chi connectivity index (χ0n) is 22.0. The van der Waals surface area contributed by atoms with Crippen molar-refractivity contribution >= 4 is 5.97 Å². The lowest BCUT2D eigenvalue weighted by Crippen LogP contribution is -2.44. The highest BCUT2D eigenvalue weighted by atomic mass is 16.4. The third kappa shape index (κ3) is 4.44. The second-order valence-electron chi connectivity index (χ2n) is 9.98. The fourth-order valence-electron chi connectivity index (χ4n) is 6.08. The van der Waals surface area contributed by atoms with Crippen LogP contribution in [-0.2, 0) is 5.41 Å². The Labute approximate surface area is 234 Å². The zero-order chi connectivity index (χ0) is 27.4. The Morgan fingerprint density at radius 3 is 1.65 bits per heavy atom. The molecule has 0 amide bonds. The number of carboxylic acid groups (broad SMARTS) is 1. The summed E-state index contributed by atoms with van der Waals surface area (Å²) < 4.78 is 0. The monoisotopic (exact) mass is 522 g/mol. The second-order valence-corrected chi connectivity index (χ2v) is 9.98. The van der Waals surface area contributed by atoms with Gasteiger partial charge in [-0.3, -0.25) is 0 Å². The van der Waals surface area contributed by atoms with Crippen LogP contribution in [0, 0.1) is 0 Å². The standard InChI is InChI=1S/C36H30N2O2/c39-35(40)32-22-21-28(25-33(32)27-13-5-1-6-14-27)34(38-24-23-37-26-38)36(29-15-7-2-8-16-29,30-17-9-3-10-18-30)31-19-11-4-12-20-31/h1-25,34,37H,26H2,(H,39,40). The maximum atomic E-state index is 12.4.